The molecule has 60 valence electrons. The van der Waals surface area contributed by atoms with Crippen LogP contribution < -0.4 is 5.32 Å². The minimum Gasteiger partial charge on any atom is -0.374 e. The molecule has 1 unspecified atom stereocenters. The Morgan fingerprint density at radius 2 is 2.09 bits per heavy atom. The Balaban J connectivity index is 2.66. The van der Waals surface area contributed by atoms with Gasteiger partial charge in [0.25, 0.3) is 0 Å². The lowest BCUT2D eigenvalue weighted by Crippen LogP contribution is -2.15. The van der Waals surface area contributed by atoms with Gasteiger partial charge in [-0.1, -0.05) is 11.6 Å². The summed E-state index contributed by atoms with van der Waals surface area (Å²) in [5, 5.41) is 11.9. The molecule has 1 aromatic heterocycles. The molecule has 0 amide bonds. The van der Waals surface area contributed by atoms with Gasteiger partial charge in [-0.25, -0.2) is 9.97 Å². The molecule has 0 aliphatic heterocycles. The highest BCUT2D eigenvalue weighted by Gasteiger charge is 1.97. The number of aliphatic hydroxyl groups is 1. The normalized spacial score (nSPS) is 12.6. The van der Waals surface area contributed by atoms with E-state index >= 15 is 0 Å². The van der Waals surface area contributed by atoms with E-state index in [1.165, 1.54) is 12.4 Å². The maximum Gasteiger partial charge on any atom is 0.224 e. The van der Waals surface area contributed by atoms with Gasteiger partial charge in [0, 0.05) is 0 Å². The molecular formula is C6H8ClN3O. The zero-order valence-corrected chi connectivity index (χ0v) is 6.71. The molecular weight excluding hydrogens is 166 g/mol. The lowest BCUT2D eigenvalue weighted by atomic mass is 10.6. The summed E-state index contributed by atoms with van der Waals surface area (Å²) in [5.41, 5.74) is 0. The number of nitrogens with one attached hydrogen (secondary N) is 1. The van der Waals surface area contributed by atoms with Gasteiger partial charge in [-0.05, 0) is 6.92 Å². The highest BCUT2D eigenvalue weighted by atomic mass is 35.5. The van der Waals surface area contributed by atoms with E-state index < -0.39 is 6.23 Å². The standard InChI is InChI=1S/C6H8ClN3O/c1-4(11)10-6-8-2-5(7)3-9-6/h2-4,11H,1H3,(H,8,9,10). The topological polar surface area (TPSA) is 58.0 Å². The van der Waals surface area contributed by atoms with E-state index in [1.54, 1.807) is 6.92 Å². The highest BCUT2D eigenvalue weighted by Crippen LogP contribution is 2.05. The van der Waals surface area contributed by atoms with Crippen LogP contribution in [0.4, 0.5) is 5.95 Å². The lowest BCUT2D eigenvalue weighted by molar-refractivity contribution is 0.223. The van der Waals surface area contributed by atoms with Crippen molar-refractivity contribution in [3.63, 3.8) is 0 Å². The van der Waals surface area contributed by atoms with Crippen LogP contribution in [0.1, 0.15) is 6.92 Å². The molecule has 1 aromatic rings. The molecule has 1 heterocycles. The predicted molar refractivity (Wildman–Crippen MR) is 42.3 cm³/mol. The van der Waals surface area contributed by atoms with Gasteiger partial charge >= 0.3 is 0 Å². The smallest absolute Gasteiger partial charge is 0.224 e. The van der Waals surface area contributed by atoms with E-state index in [0.29, 0.717) is 11.0 Å². The second-order valence-electron chi connectivity index (χ2n) is 2.05. The van der Waals surface area contributed by atoms with E-state index in [1.807, 2.05) is 0 Å². The number of aliphatic hydroxyl groups excluding tert-OH is 1. The monoisotopic (exact) mass is 173 g/mol. The number of hydrogen-bond acceptors (Lipinski definition) is 4. The summed E-state index contributed by atoms with van der Waals surface area (Å²) in [6.45, 7) is 1.58. The van der Waals surface area contributed by atoms with Crippen molar-refractivity contribution in [3.05, 3.63) is 17.4 Å². The number of nitrogens with zero attached hydrogens (tertiary/aromatic N) is 2. The quantitative estimate of drug-likeness (QED) is 0.652. The summed E-state index contributed by atoms with van der Waals surface area (Å²) < 4.78 is 0. The minimum atomic E-state index is -0.656. The molecule has 0 saturated heterocycles. The van der Waals surface area contributed by atoms with Crippen LogP contribution in [0.5, 0.6) is 0 Å². The van der Waals surface area contributed by atoms with Crippen LogP contribution >= 0.6 is 11.6 Å². The zero-order chi connectivity index (χ0) is 8.27. The van der Waals surface area contributed by atoms with Crippen LogP contribution in [-0.4, -0.2) is 21.3 Å². The Morgan fingerprint density at radius 1 is 1.55 bits per heavy atom. The van der Waals surface area contributed by atoms with Gasteiger partial charge in [-0.3, -0.25) is 0 Å². The molecule has 1 atom stereocenters. The SMILES string of the molecule is CC(O)Nc1ncc(Cl)cn1. The lowest BCUT2D eigenvalue weighted by Gasteiger charge is -2.05. The largest absolute Gasteiger partial charge is 0.374 e. The van der Waals surface area contributed by atoms with Gasteiger partial charge in [-0.15, -0.1) is 0 Å². The van der Waals surface area contributed by atoms with Gasteiger partial charge in [-0.2, -0.15) is 0 Å². The number of halogens is 1. The third kappa shape index (κ3) is 2.69. The van der Waals surface area contributed by atoms with Crippen LogP contribution in [0, 0.1) is 0 Å². The number of rotatable bonds is 2. The molecule has 4 nitrogen and oxygen atoms in total. The van der Waals surface area contributed by atoms with E-state index in [4.69, 9.17) is 16.7 Å². The Labute approximate surface area is 69.2 Å². The average Bonchev–Trinajstić information content (AvgIpc) is 1.93. The van der Waals surface area contributed by atoms with Gasteiger partial charge in [0.05, 0.1) is 17.4 Å². The fourth-order valence-corrected chi connectivity index (χ4v) is 0.671. The second-order valence-corrected chi connectivity index (χ2v) is 2.48. The molecule has 0 radical (unpaired) electrons. The molecule has 2 N–H and O–H groups in total. The fourth-order valence-electron chi connectivity index (χ4n) is 0.574. The molecule has 0 aromatic carbocycles. The number of hydrogen-bond donors (Lipinski definition) is 2. The van der Waals surface area contributed by atoms with Crippen molar-refractivity contribution in [2.45, 2.75) is 13.2 Å². The number of anilines is 1. The number of aromatic nitrogens is 2. The summed E-state index contributed by atoms with van der Waals surface area (Å²) in [6.07, 6.45) is 2.26. The van der Waals surface area contributed by atoms with Crippen LogP contribution in [0.2, 0.25) is 5.02 Å². The van der Waals surface area contributed by atoms with Crippen LogP contribution in [0.3, 0.4) is 0 Å². The molecule has 0 fully saturated rings. The van der Waals surface area contributed by atoms with Crippen molar-refractivity contribution >= 4 is 17.5 Å². The molecule has 1 rings (SSSR count). The van der Waals surface area contributed by atoms with E-state index in [2.05, 4.69) is 15.3 Å². The maximum atomic E-state index is 8.85. The first-order valence-corrected chi connectivity index (χ1v) is 3.48. The summed E-state index contributed by atoms with van der Waals surface area (Å²) in [5.74, 6) is 0.365. The first-order chi connectivity index (χ1) is 5.18. The first-order valence-electron chi connectivity index (χ1n) is 3.10. The minimum absolute atomic E-state index is 0.365. The van der Waals surface area contributed by atoms with Crippen LogP contribution in [0.15, 0.2) is 12.4 Å². The highest BCUT2D eigenvalue weighted by molar-refractivity contribution is 6.30. The fraction of sp³-hybridized carbons (Fsp3) is 0.333. The Morgan fingerprint density at radius 3 is 2.55 bits per heavy atom. The maximum absolute atomic E-state index is 8.85. The van der Waals surface area contributed by atoms with E-state index in [-0.39, 0.29) is 0 Å². The van der Waals surface area contributed by atoms with Crippen LogP contribution in [-0.2, 0) is 0 Å². The zero-order valence-electron chi connectivity index (χ0n) is 5.95. The molecule has 0 bridgehead atoms. The van der Waals surface area contributed by atoms with Gasteiger partial charge < -0.3 is 10.4 Å². The summed E-state index contributed by atoms with van der Waals surface area (Å²) in [7, 11) is 0. The third-order valence-corrected chi connectivity index (χ3v) is 1.15. The molecule has 5 heteroatoms. The summed E-state index contributed by atoms with van der Waals surface area (Å²) >= 11 is 5.53. The van der Waals surface area contributed by atoms with Gasteiger partial charge in [0.2, 0.25) is 5.95 Å². The Kier molecular flexibility index (Phi) is 2.62. The Hall–Kier alpha value is -0.870. The van der Waals surface area contributed by atoms with Gasteiger partial charge in [0.1, 0.15) is 6.23 Å². The summed E-state index contributed by atoms with van der Waals surface area (Å²) in [6, 6.07) is 0. The van der Waals surface area contributed by atoms with Crippen LogP contribution in [0.25, 0.3) is 0 Å². The molecule has 0 aliphatic carbocycles. The molecule has 0 spiro atoms. The first kappa shape index (κ1) is 8.23. The van der Waals surface area contributed by atoms with Gasteiger partial charge in [0.15, 0.2) is 0 Å². The predicted octanol–water partition coefficient (Wildman–Crippen LogP) is 0.880. The van der Waals surface area contributed by atoms with Crippen molar-refractivity contribution in [2.75, 3.05) is 5.32 Å². The molecule has 0 aliphatic rings. The van der Waals surface area contributed by atoms with Crippen molar-refractivity contribution in [2.24, 2.45) is 0 Å². The molecule has 0 saturated carbocycles. The van der Waals surface area contributed by atoms with Crippen molar-refractivity contribution in [1.29, 1.82) is 0 Å². The van der Waals surface area contributed by atoms with Crippen molar-refractivity contribution < 1.29 is 5.11 Å². The van der Waals surface area contributed by atoms with Crippen molar-refractivity contribution in [1.82, 2.24) is 9.97 Å². The Bertz CT molecular complexity index is 224. The third-order valence-electron chi connectivity index (χ3n) is 0.958. The van der Waals surface area contributed by atoms with Crippen molar-refractivity contribution in [3.8, 4) is 0 Å². The molecule has 11 heavy (non-hydrogen) atoms. The van der Waals surface area contributed by atoms with E-state index in [0.717, 1.165) is 0 Å². The second kappa shape index (κ2) is 3.50. The summed E-state index contributed by atoms with van der Waals surface area (Å²) in [4.78, 5) is 7.61. The average molecular weight is 174 g/mol. The van der Waals surface area contributed by atoms with E-state index in [9.17, 15) is 0 Å².